The van der Waals surface area contributed by atoms with Crippen LogP contribution in [0.2, 0.25) is 0 Å². The number of aromatic nitrogens is 1. The summed E-state index contributed by atoms with van der Waals surface area (Å²) >= 11 is 0. The van der Waals surface area contributed by atoms with Gasteiger partial charge in [0.05, 0.1) is 23.2 Å². The highest BCUT2D eigenvalue weighted by molar-refractivity contribution is 6.05. The van der Waals surface area contributed by atoms with Gasteiger partial charge in [0.25, 0.3) is 5.56 Å². The second-order valence-electron chi connectivity index (χ2n) is 8.60. The van der Waals surface area contributed by atoms with Crippen LogP contribution in [0.4, 0.5) is 4.39 Å². The molecule has 8 nitrogen and oxygen atoms in total. The lowest BCUT2D eigenvalue weighted by Crippen LogP contribution is -2.24. The monoisotopic (exact) mass is 498 g/mol. The van der Waals surface area contributed by atoms with Crippen LogP contribution in [0.3, 0.4) is 0 Å². The minimum Gasteiger partial charge on any atom is -0.399 e. The molecular formula is C28H27FN6O2. The Morgan fingerprint density at radius 3 is 2.59 bits per heavy atom. The van der Waals surface area contributed by atoms with E-state index < -0.39 is 5.82 Å². The molecule has 0 bridgehead atoms. The summed E-state index contributed by atoms with van der Waals surface area (Å²) < 4.78 is 16.2. The Kier molecular flexibility index (Phi) is 7.15. The van der Waals surface area contributed by atoms with Gasteiger partial charge in [0.1, 0.15) is 5.82 Å². The van der Waals surface area contributed by atoms with E-state index in [1.54, 1.807) is 18.2 Å². The standard InChI is InChI=1S/C28H27FN6O2/c1-16-7-6-8-18-13-20(35(28(37)24(16)18)23-10-5-4-9-21(23)29)15-34-26(32-3)25(17(2)30)22(31)14-19-11-12-33-27(19)36/h4-10,13-14H,2-3,11-12,15,30-31H2,1H3,(H,33,36)/b19-14-,25-22?,34-26?. The van der Waals surface area contributed by atoms with Crippen LogP contribution in [-0.4, -0.2) is 29.6 Å². The lowest BCUT2D eigenvalue weighted by molar-refractivity contribution is -0.116. The highest BCUT2D eigenvalue weighted by atomic mass is 19.1. The van der Waals surface area contributed by atoms with Crippen molar-refractivity contribution in [2.24, 2.45) is 21.5 Å². The minimum atomic E-state index is -0.550. The Bertz CT molecular complexity index is 1600. The zero-order chi connectivity index (χ0) is 26.7. The molecule has 4 rings (SSSR count). The molecule has 5 N–H and O–H groups in total. The molecule has 1 saturated heterocycles. The van der Waals surface area contributed by atoms with Gasteiger partial charge < -0.3 is 16.8 Å². The molecule has 1 aliphatic heterocycles. The second-order valence-corrected chi connectivity index (χ2v) is 8.60. The van der Waals surface area contributed by atoms with E-state index in [0.29, 0.717) is 35.0 Å². The van der Waals surface area contributed by atoms with Crippen LogP contribution in [0, 0.1) is 12.7 Å². The Labute approximate surface area is 213 Å². The molecule has 0 saturated carbocycles. The average molecular weight is 499 g/mol. The predicted molar refractivity (Wildman–Crippen MR) is 145 cm³/mol. The summed E-state index contributed by atoms with van der Waals surface area (Å²) in [6.07, 6.45) is 2.04. The van der Waals surface area contributed by atoms with Crippen LogP contribution in [0.1, 0.15) is 17.7 Å². The number of nitrogens with two attached hydrogens (primary N) is 2. The molecular weight excluding hydrogens is 471 g/mol. The van der Waals surface area contributed by atoms with Gasteiger partial charge in [-0.3, -0.25) is 19.1 Å². The number of benzene rings is 2. The van der Waals surface area contributed by atoms with Crippen LogP contribution in [0.25, 0.3) is 16.5 Å². The number of hydrogen-bond donors (Lipinski definition) is 3. The number of fused-ring (bicyclic) bond motifs is 1. The molecule has 3 aromatic rings. The van der Waals surface area contributed by atoms with Crippen LogP contribution in [0.5, 0.6) is 0 Å². The number of halogens is 1. The molecule has 1 amide bonds. The van der Waals surface area contributed by atoms with Gasteiger partial charge in [-0.15, -0.1) is 0 Å². The quantitative estimate of drug-likeness (QED) is 0.209. The van der Waals surface area contributed by atoms with E-state index in [4.69, 9.17) is 11.5 Å². The molecule has 2 aromatic carbocycles. The summed E-state index contributed by atoms with van der Waals surface area (Å²) in [5, 5.41) is 3.90. The maximum atomic E-state index is 14.9. The van der Waals surface area contributed by atoms with E-state index in [9.17, 15) is 14.0 Å². The van der Waals surface area contributed by atoms with Crippen molar-refractivity contribution in [3.05, 3.63) is 111 Å². The first kappa shape index (κ1) is 25.3. The summed E-state index contributed by atoms with van der Waals surface area (Å²) in [6.45, 7) is 9.64. The highest BCUT2D eigenvalue weighted by Gasteiger charge is 2.19. The van der Waals surface area contributed by atoms with E-state index >= 15 is 0 Å². The van der Waals surface area contributed by atoms with Crippen molar-refractivity contribution in [2.45, 2.75) is 19.9 Å². The lowest BCUT2D eigenvalue weighted by atomic mass is 10.1. The molecule has 9 heteroatoms. The van der Waals surface area contributed by atoms with E-state index in [0.717, 1.165) is 5.56 Å². The molecule has 1 aliphatic rings. The maximum Gasteiger partial charge on any atom is 0.263 e. The minimum absolute atomic E-state index is 0.0665. The van der Waals surface area contributed by atoms with Crippen molar-refractivity contribution < 1.29 is 9.18 Å². The second kappa shape index (κ2) is 10.4. The van der Waals surface area contributed by atoms with Crippen LogP contribution >= 0.6 is 0 Å². The van der Waals surface area contributed by atoms with Crippen molar-refractivity contribution in [1.29, 1.82) is 0 Å². The van der Waals surface area contributed by atoms with Gasteiger partial charge in [0.2, 0.25) is 5.91 Å². The largest absolute Gasteiger partial charge is 0.399 e. The lowest BCUT2D eigenvalue weighted by Gasteiger charge is -2.16. The Morgan fingerprint density at radius 2 is 1.95 bits per heavy atom. The first-order chi connectivity index (χ1) is 17.7. The number of aliphatic imine (C=N–C) groups is 2. The summed E-state index contributed by atoms with van der Waals surface area (Å²) in [6, 6.07) is 13.3. The van der Waals surface area contributed by atoms with Gasteiger partial charge in [-0.1, -0.05) is 36.9 Å². The number of amides is 1. The number of nitrogens with zero attached hydrogens (tertiary/aromatic N) is 3. The van der Waals surface area contributed by atoms with Crippen LogP contribution in [0.15, 0.2) is 98.5 Å². The zero-order valence-electron chi connectivity index (χ0n) is 20.4. The Morgan fingerprint density at radius 1 is 1.19 bits per heavy atom. The molecule has 0 atom stereocenters. The number of amidine groups is 1. The summed E-state index contributed by atoms with van der Waals surface area (Å²) in [5.74, 6) is -0.682. The third-order valence-corrected chi connectivity index (χ3v) is 6.10. The summed E-state index contributed by atoms with van der Waals surface area (Å²) in [4.78, 5) is 34.1. The third-order valence-electron chi connectivity index (χ3n) is 6.10. The molecule has 188 valence electrons. The van der Waals surface area contributed by atoms with Crippen LogP contribution < -0.4 is 22.3 Å². The maximum absolute atomic E-state index is 14.9. The molecule has 0 radical (unpaired) electrons. The topological polar surface area (TPSA) is 128 Å². The van der Waals surface area contributed by atoms with Gasteiger partial charge in [-0.05, 0) is 55.3 Å². The van der Waals surface area contributed by atoms with E-state index in [1.807, 2.05) is 25.1 Å². The summed E-state index contributed by atoms with van der Waals surface area (Å²) in [5.41, 5.74) is 14.2. The normalized spacial score (nSPS) is 15.6. The van der Waals surface area contributed by atoms with Crippen molar-refractivity contribution in [1.82, 2.24) is 9.88 Å². The van der Waals surface area contributed by atoms with E-state index in [2.05, 4.69) is 28.6 Å². The number of para-hydroxylation sites is 1. The first-order valence-corrected chi connectivity index (χ1v) is 11.6. The number of rotatable bonds is 6. The molecule has 2 heterocycles. The van der Waals surface area contributed by atoms with Crippen molar-refractivity contribution in [2.75, 3.05) is 6.54 Å². The molecule has 0 unspecified atom stereocenters. The first-order valence-electron chi connectivity index (χ1n) is 11.6. The van der Waals surface area contributed by atoms with E-state index in [-0.39, 0.29) is 46.5 Å². The van der Waals surface area contributed by atoms with Gasteiger partial charge in [0, 0.05) is 29.2 Å². The number of allylic oxidation sites excluding steroid dienone is 1. The fourth-order valence-electron chi connectivity index (χ4n) is 4.36. The molecule has 0 aliphatic carbocycles. The number of carbonyl (C=O) groups excluding carboxylic acids is 1. The molecule has 37 heavy (non-hydrogen) atoms. The summed E-state index contributed by atoms with van der Waals surface area (Å²) in [7, 11) is 0. The molecule has 1 fully saturated rings. The number of carbonyl (C=O) groups is 1. The Balaban J connectivity index is 1.89. The fraction of sp³-hybridized carbons (Fsp3) is 0.143. The van der Waals surface area contributed by atoms with Gasteiger partial charge in [-0.2, -0.15) is 0 Å². The van der Waals surface area contributed by atoms with Gasteiger partial charge >= 0.3 is 0 Å². The Hall–Kier alpha value is -4.79. The van der Waals surface area contributed by atoms with Crippen LogP contribution in [-0.2, 0) is 11.3 Å². The number of hydrogen-bond acceptors (Lipinski definition) is 5. The zero-order valence-corrected chi connectivity index (χ0v) is 20.4. The molecule has 1 aromatic heterocycles. The fourth-order valence-corrected chi connectivity index (χ4v) is 4.36. The average Bonchev–Trinajstić information content (AvgIpc) is 3.26. The number of pyridine rings is 1. The molecule has 0 spiro atoms. The predicted octanol–water partition coefficient (Wildman–Crippen LogP) is 3.17. The van der Waals surface area contributed by atoms with Gasteiger partial charge in [-0.25, -0.2) is 9.38 Å². The SMILES string of the molecule is C=NC(=NCc1cc2cccc(C)c2c(=O)n1-c1ccccc1F)C(C(=C)N)=C(N)/C=C1/CCNC1=O. The van der Waals surface area contributed by atoms with Crippen molar-refractivity contribution in [3.63, 3.8) is 0 Å². The number of nitrogens with one attached hydrogen (secondary N) is 1. The third kappa shape index (κ3) is 4.97. The van der Waals surface area contributed by atoms with Gasteiger partial charge in [0.15, 0.2) is 5.84 Å². The number of aryl methyl sites for hydroxylation is 1. The van der Waals surface area contributed by atoms with Crippen molar-refractivity contribution >= 4 is 29.2 Å². The van der Waals surface area contributed by atoms with Crippen molar-refractivity contribution in [3.8, 4) is 5.69 Å². The smallest absolute Gasteiger partial charge is 0.263 e. The highest BCUT2D eigenvalue weighted by Crippen LogP contribution is 2.22. The van der Waals surface area contributed by atoms with E-state index in [1.165, 1.54) is 22.8 Å².